The SMILES string of the molecule is CCCC1=CNC2C=CC(C)=CC12. The number of nitrogens with one attached hydrogen (secondary N) is 1. The van der Waals surface area contributed by atoms with Crippen molar-refractivity contribution in [1.29, 1.82) is 0 Å². The van der Waals surface area contributed by atoms with Crippen LogP contribution in [0, 0.1) is 5.92 Å². The molecule has 0 aromatic heterocycles. The van der Waals surface area contributed by atoms with E-state index in [0.29, 0.717) is 12.0 Å². The molecule has 0 radical (unpaired) electrons. The van der Waals surface area contributed by atoms with Gasteiger partial charge in [0.05, 0.1) is 6.04 Å². The van der Waals surface area contributed by atoms with Gasteiger partial charge in [0.1, 0.15) is 0 Å². The summed E-state index contributed by atoms with van der Waals surface area (Å²) in [7, 11) is 0. The zero-order valence-corrected chi connectivity index (χ0v) is 8.38. The van der Waals surface area contributed by atoms with Crippen molar-refractivity contribution in [2.45, 2.75) is 32.7 Å². The summed E-state index contributed by atoms with van der Waals surface area (Å²) in [5.74, 6) is 0.630. The molecule has 13 heavy (non-hydrogen) atoms. The molecule has 2 aliphatic rings. The molecule has 0 amide bonds. The van der Waals surface area contributed by atoms with Gasteiger partial charge in [0.15, 0.2) is 0 Å². The average Bonchev–Trinajstić information content (AvgIpc) is 2.49. The van der Waals surface area contributed by atoms with Crippen molar-refractivity contribution in [2.75, 3.05) is 0 Å². The molecule has 1 N–H and O–H groups in total. The lowest BCUT2D eigenvalue weighted by Crippen LogP contribution is -2.25. The lowest BCUT2D eigenvalue weighted by atomic mass is 9.87. The van der Waals surface area contributed by atoms with E-state index < -0.39 is 0 Å². The van der Waals surface area contributed by atoms with Crippen LogP contribution in [0.4, 0.5) is 0 Å². The Hall–Kier alpha value is -0.980. The Morgan fingerprint density at radius 1 is 1.46 bits per heavy atom. The molecule has 0 saturated heterocycles. The molecule has 0 aromatic carbocycles. The van der Waals surface area contributed by atoms with Crippen molar-refractivity contribution in [2.24, 2.45) is 5.92 Å². The van der Waals surface area contributed by atoms with Crippen molar-refractivity contribution in [3.8, 4) is 0 Å². The Kier molecular flexibility index (Phi) is 2.26. The summed E-state index contributed by atoms with van der Waals surface area (Å²) in [6.45, 7) is 4.41. The highest BCUT2D eigenvalue weighted by molar-refractivity contribution is 5.35. The van der Waals surface area contributed by atoms with Crippen LogP contribution in [0.3, 0.4) is 0 Å². The Balaban J connectivity index is 2.15. The fourth-order valence-corrected chi connectivity index (χ4v) is 2.14. The highest BCUT2D eigenvalue weighted by Gasteiger charge is 2.26. The first kappa shape index (κ1) is 8.61. The van der Waals surface area contributed by atoms with Gasteiger partial charge in [-0.15, -0.1) is 0 Å². The summed E-state index contributed by atoms with van der Waals surface area (Å²) in [5, 5.41) is 3.42. The lowest BCUT2D eigenvalue weighted by molar-refractivity contribution is 0.611. The minimum absolute atomic E-state index is 0.533. The maximum Gasteiger partial charge on any atom is 0.0543 e. The molecule has 1 aliphatic heterocycles. The Morgan fingerprint density at radius 2 is 2.31 bits per heavy atom. The highest BCUT2D eigenvalue weighted by atomic mass is 14.9. The van der Waals surface area contributed by atoms with Crippen molar-refractivity contribution in [3.63, 3.8) is 0 Å². The zero-order valence-electron chi connectivity index (χ0n) is 8.38. The Bertz CT molecular complexity index is 283. The van der Waals surface area contributed by atoms with E-state index in [2.05, 4.69) is 43.6 Å². The summed E-state index contributed by atoms with van der Waals surface area (Å²) < 4.78 is 0. The van der Waals surface area contributed by atoms with E-state index in [1.54, 1.807) is 5.57 Å². The first-order chi connectivity index (χ1) is 6.31. The van der Waals surface area contributed by atoms with Gasteiger partial charge in [-0.2, -0.15) is 0 Å². The molecule has 0 aromatic rings. The second-order valence-corrected chi connectivity index (χ2v) is 3.96. The standard InChI is InChI=1S/C12H17N/c1-3-4-10-8-13-12-6-5-9(2)7-11(10)12/h5-8,11-13H,3-4H2,1-2H3. The summed E-state index contributed by atoms with van der Waals surface area (Å²) in [6, 6.07) is 0.533. The molecule has 0 saturated carbocycles. The first-order valence-electron chi connectivity index (χ1n) is 5.13. The zero-order chi connectivity index (χ0) is 9.26. The lowest BCUT2D eigenvalue weighted by Gasteiger charge is -2.20. The summed E-state index contributed by atoms with van der Waals surface area (Å²) in [6.07, 6.45) is 11.5. The number of allylic oxidation sites excluding steroid dienone is 2. The topological polar surface area (TPSA) is 12.0 Å². The van der Waals surface area contributed by atoms with Crippen LogP contribution in [0.1, 0.15) is 26.7 Å². The normalized spacial score (nSPS) is 30.6. The van der Waals surface area contributed by atoms with Crippen LogP contribution in [0.15, 0.2) is 35.6 Å². The van der Waals surface area contributed by atoms with E-state index in [1.165, 1.54) is 18.4 Å². The van der Waals surface area contributed by atoms with Crippen molar-refractivity contribution in [1.82, 2.24) is 5.32 Å². The fraction of sp³-hybridized carbons (Fsp3) is 0.500. The molecule has 1 aliphatic carbocycles. The molecule has 1 heterocycles. The fourth-order valence-electron chi connectivity index (χ4n) is 2.14. The molecule has 1 nitrogen and oxygen atoms in total. The highest BCUT2D eigenvalue weighted by Crippen LogP contribution is 2.30. The van der Waals surface area contributed by atoms with Gasteiger partial charge >= 0.3 is 0 Å². The minimum Gasteiger partial charge on any atom is -0.384 e. The quantitative estimate of drug-likeness (QED) is 0.680. The molecule has 70 valence electrons. The van der Waals surface area contributed by atoms with E-state index in [-0.39, 0.29) is 0 Å². The van der Waals surface area contributed by atoms with Crippen LogP contribution < -0.4 is 5.32 Å². The van der Waals surface area contributed by atoms with Crippen LogP contribution >= 0.6 is 0 Å². The molecule has 0 spiro atoms. The second-order valence-electron chi connectivity index (χ2n) is 3.96. The average molecular weight is 175 g/mol. The number of fused-ring (bicyclic) bond motifs is 1. The number of hydrogen-bond acceptors (Lipinski definition) is 1. The van der Waals surface area contributed by atoms with Crippen LogP contribution in [0.2, 0.25) is 0 Å². The third kappa shape index (κ3) is 1.55. The monoisotopic (exact) mass is 175 g/mol. The third-order valence-electron chi connectivity index (χ3n) is 2.82. The van der Waals surface area contributed by atoms with Gasteiger partial charge in [0.25, 0.3) is 0 Å². The predicted molar refractivity (Wildman–Crippen MR) is 56.3 cm³/mol. The summed E-state index contributed by atoms with van der Waals surface area (Å²) in [5.41, 5.74) is 2.96. The van der Waals surface area contributed by atoms with E-state index >= 15 is 0 Å². The first-order valence-corrected chi connectivity index (χ1v) is 5.13. The van der Waals surface area contributed by atoms with Crippen LogP contribution in [0.25, 0.3) is 0 Å². The third-order valence-corrected chi connectivity index (χ3v) is 2.82. The van der Waals surface area contributed by atoms with Gasteiger partial charge in [0, 0.05) is 5.92 Å². The van der Waals surface area contributed by atoms with Crippen molar-refractivity contribution in [3.05, 3.63) is 35.6 Å². The Morgan fingerprint density at radius 3 is 3.08 bits per heavy atom. The van der Waals surface area contributed by atoms with Crippen LogP contribution in [-0.4, -0.2) is 6.04 Å². The minimum atomic E-state index is 0.533. The Labute approximate surface area is 80.2 Å². The van der Waals surface area contributed by atoms with E-state index in [1.807, 2.05) is 0 Å². The molecule has 2 rings (SSSR count). The van der Waals surface area contributed by atoms with Gasteiger partial charge in [0.2, 0.25) is 0 Å². The molecule has 0 bridgehead atoms. The second kappa shape index (κ2) is 3.41. The van der Waals surface area contributed by atoms with Gasteiger partial charge in [-0.25, -0.2) is 0 Å². The molecule has 2 atom stereocenters. The van der Waals surface area contributed by atoms with Gasteiger partial charge < -0.3 is 5.32 Å². The van der Waals surface area contributed by atoms with Crippen molar-refractivity contribution < 1.29 is 0 Å². The molecular formula is C12H17N. The van der Waals surface area contributed by atoms with Gasteiger partial charge in [-0.05, 0) is 25.1 Å². The van der Waals surface area contributed by atoms with Crippen molar-refractivity contribution >= 4 is 0 Å². The molecule has 1 heteroatoms. The van der Waals surface area contributed by atoms with E-state index in [4.69, 9.17) is 0 Å². The van der Waals surface area contributed by atoms with Gasteiger partial charge in [-0.3, -0.25) is 0 Å². The molecule has 0 fully saturated rings. The largest absolute Gasteiger partial charge is 0.384 e. The summed E-state index contributed by atoms with van der Waals surface area (Å²) >= 11 is 0. The van der Waals surface area contributed by atoms with E-state index in [0.717, 1.165) is 0 Å². The van der Waals surface area contributed by atoms with E-state index in [9.17, 15) is 0 Å². The van der Waals surface area contributed by atoms with Gasteiger partial charge in [-0.1, -0.05) is 37.1 Å². The summed E-state index contributed by atoms with van der Waals surface area (Å²) in [4.78, 5) is 0. The van der Waals surface area contributed by atoms with Crippen LogP contribution in [0.5, 0.6) is 0 Å². The smallest absolute Gasteiger partial charge is 0.0543 e. The number of hydrogen-bond donors (Lipinski definition) is 1. The molecular weight excluding hydrogens is 158 g/mol. The maximum atomic E-state index is 3.42. The maximum absolute atomic E-state index is 3.42. The number of rotatable bonds is 2. The predicted octanol–water partition coefficient (Wildman–Crippen LogP) is 2.77. The molecule has 2 unspecified atom stereocenters. The van der Waals surface area contributed by atoms with Crippen LogP contribution in [-0.2, 0) is 0 Å².